The number of benzene rings is 4. The molecule has 4 heterocycles. The molecule has 67 heavy (non-hydrogen) atoms. The van der Waals surface area contributed by atoms with Crippen molar-refractivity contribution in [3.8, 4) is 11.1 Å². The third-order valence-electron chi connectivity index (χ3n) is 14.4. The van der Waals surface area contributed by atoms with E-state index >= 15 is 0 Å². The zero-order valence-electron chi connectivity index (χ0n) is 39.5. The molecule has 2 aromatic heterocycles. The van der Waals surface area contributed by atoms with E-state index in [0.29, 0.717) is 32.0 Å². The minimum Gasteiger partial charge on any atom is -0.453 e. The number of aromatic nitrogens is 4. The van der Waals surface area contributed by atoms with Gasteiger partial charge >= 0.3 is 12.2 Å². The third kappa shape index (κ3) is 9.39. The summed E-state index contributed by atoms with van der Waals surface area (Å²) < 4.78 is 16.0. The van der Waals surface area contributed by atoms with Crippen LogP contribution in [0.15, 0.2) is 60.7 Å². The highest BCUT2D eigenvalue weighted by molar-refractivity contribution is 6.07. The lowest BCUT2D eigenvalue weighted by Crippen LogP contribution is -2.51. The lowest BCUT2D eigenvalue weighted by Gasteiger charge is -2.30. The summed E-state index contributed by atoms with van der Waals surface area (Å²) >= 11 is 0. The number of imidazole rings is 2. The third-order valence-corrected chi connectivity index (χ3v) is 14.4. The minimum atomic E-state index is -0.749. The van der Waals surface area contributed by atoms with Gasteiger partial charge in [-0.1, -0.05) is 83.4 Å². The van der Waals surface area contributed by atoms with Crippen molar-refractivity contribution in [1.82, 2.24) is 40.4 Å². The Kier molecular flexibility index (Phi) is 13.4. The summed E-state index contributed by atoms with van der Waals surface area (Å²) in [5, 5.41) is 9.70. The molecular weight excluding hydrogens is 849 g/mol. The second kappa shape index (κ2) is 19.6. The van der Waals surface area contributed by atoms with Crippen molar-refractivity contribution in [3.63, 3.8) is 0 Å². The van der Waals surface area contributed by atoms with Crippen LogP contribution in [0.3, 0.4) is 0 Å². The largest absolute Gasteiger partial charge is 0.453 e. The van der Waals surface area contributed by atoms with Crippen molar-refractivity contribution in [1.29, 1.82) is 0 Å². The molecule has 4 N–H and O–H groups in total. The Balaban J connectivity index is 0.964. The fourth-order valence-corrected chi connectivity index (χ4v) is 10.7. The van der Waals surface area contributed by atoms with Crippen molar-refractivity contribution >= 4 is 67.6 Å². The number of rotatable bonds is 13. The van der Waals surface area contributed by atoms with E-state index in [1.807, 2.05) is 49.6 Å². The Morgan fingerprint density at radius 1 is 0.642 bits per heavy atom. The topological polar surface area (TPSA) is 184 Å². The van der Waals surface area contributed by atoms with E-state index < -0.39 is 24.3 Å². The number of likely N-dealkylation sites (tertiary alicyclic amines) is 2. The number of ether oxygens (including phenoxy) is 3. The van der Waals surface area contributed by atoms with Crippen molar-refractivity contribution in [2.24, 2.45) is 23.7 Å². The van der Waals surface area contributed by atoms with Crippen LogP contribution in [0.5, 0.6) is 0 Å². The molecule has 1 saturated carbocycles. The Bertz CT molecular complexity index is 2790. The molecule has 5 atom stereocenters. The van der Waals surface area contributed by atoms with Crippen LogP contribution < -0.4 is 10.6 Å². The average Bonchev–Trinajstić information content (AvgIpc) is 4.17. The molecule has 15 nitrogen and oxygen atoms in total. The van der Waals surface area contributed by atoms with Crippen LogP contribution in [0.1, 0.15) is 103 Å². The molecule has 0 spiro atoms. The van der Waals surface area contributed by atoms with Crippen LogP contribution in [-0.4, -0.2) is 106 Å². The first-order valence-corrected chi connectivity index (χ1v) is 24.1. The van der Waals surface area contributed by atoms with Crippen molar-refractivity contribution in [2.45, 2.75) is 103 Å². The Morgan fingerprint density at radius 3 is 1.70 bits per heavy atom. The monoisotopic (exact) mass is 912 g/mol. The quantitative estimate of drug-likeness (QED) is 0.0877. The molecule has 0 bridgehead atoms. The van der Waals surface area contributed by atoms with E-state index in [0.717, 1.165) is 85.8 Å². The first-order chi connectivity index (χ1) is 32.4. The average molecular weight is 913 g/mol. The van der Waals surface area contributed by atoms with Gasteiger partial charge in [-0.25, -0.2) is 19.6 Å². The van der Waals surface area contributed by atoms with Gasteiger partial charge in [0.25, 0.3) is 0 Å². The summed E-state index contributed by atoms with van der Waals surface area (Å²) in [6, 6.07) is 19.2. The second-order valence-corrected chi connectivity index (χ2v) is 19.6. The molecule has 4 aromatic carbocycles. The Hall–Kier alpha value is -6.22. The second-order valence-electron chi connectivity index (χ2n) is 19.6. The normalized spacial score (nSPS) is 20.1. The van der Waals surface area contributed by atoms with E-state index in [2.05, 4.69) is 69.1 Å². The molecule has 354 valence electrons. The van der Waals surface area contributed by atoms with E-state index in [4.69, 9.17) is 24.2 Å². The van der Waals surface area contributed by atoms with Crippen molar-refractivity contribution in [2.75, 3.05) is 40.5 Å². The number of nitrogens with zero attached hydrogens (tertiary/aromatic N) is 4. The lowest BCUT2D eigenvalue weighted by atomic mass is 9.90. The number of hydrogen-bond donors (Lipinski definition) is 4. The maximum atomic E-state index is 14.3. The van der Waals surface area contributed by atoms with Crippen LogP contribution in [-0.2, 0) is 23.8 Å². The van der Waals surface area contributed by atoms with E-state index in [9.17, 15) is 19.2 Å². The van der Waals surface area contributed by atoms with Gasteiger partial charge < -0.3 is 44.6 Å². The maximum Gasteiger partial charge on any atom is 0.407 e. The zero-order chi connectivity index (χ0) is 46.9. The van der Waals surface area contributed by atoms with Gasteiger partial charge in [-0.3, -0.25) is 9.59 Å². The number of alkyl carbamates (subject to hydrolysis) is 2. The molecule has 9 rings (SSSR count). The number of fused-ring (bicyclic) bond motifs is 6. The fourth-order valence-electron chi connectivity index (χ4n) is 10.7. The van der Waals surface area contributed by atoms with Crippen LogP contribution in [0, 0.1) is 23.7 Å². The summed E-state index contributed by atoms with van der Waals surface area (Å²) in [6.07, 6.45) is 7.32. The van der Waals surface area contributed by atoms with E-state index in [1.54, 1.807) is 0 Å². The number of nitrogens with one attached hydrogen (secondary N) is 4. The molecular formula is C52H64N8O7. The number of aromatic amines is 2. The highest BCUT2D eigenvalue weighted by Crippen LogP contribution is 2.39. The smallest absolute Gasteiger partial charge is 0.407 e. The van der Waals surface area contributed by atoms with Crippen molar-refractivity contribution in [3.05, 3.63) is 72.3 Å². The van der Waals surface area contributed by atoms with E-state index in [-0.39, 0.29) is 41.7 Å². The number of amides is 4. The first kappa shape index (κ1) is 45.9. The van der Waals surface area contributed by atoms with Crippen LogP contribution in [0.2, 0.25) is 0 Å². The van der Waals surface area contributed by atoms with Gasteiger partial charge in [-0.2, -0.15) is 0 Å². The molecule has 1 aliphatic carbocycles. The molecule has 2 aliphatic heterocycles. The summed E-state index contributed by atoms with van der Waals surface area (Å²) in [7, 11) is 2.61. The minimum absolute atomic E-state index is 0.118. The molecule has 6 aromatic rings. The molecule has 2 saturated heterocycles. The molecule has 4 amide bonds. The van der Waals surface area contributed by atoms with Gasteiger partial charge in [0.2, 0.25) is 11.8 Å². The van der Waals surface area contributed by atoms with Crippen LogP contribution >= 0.6 is 0 Å². The molecule has 3 aliphatic rings. The number of carbonyl (C=O) groups excluding carboxylic acids is 4. The number of methoxy groups -OCH3 is 2. The lowest BCUT2D eigenvalue weighted by molar-refractivity contribution is -0.136. The molecule has 0 radical (unpaired) electrons. The number of carbonyl (C=O) groups is 4. The molecule has 0 unspecified atom stereocenters. The summed E-state index contributed by atoms with van der Waals surface area (Å²) in [4.78, 5) is 73.6. The predicted octanol–water partition coefficient (Wildman–Crippen LogP) is 9.32. The van der Waals surface area contributed by atoms with E-state index in [1.165, 1.54) is 46.3 Å². The Morgan fingerprint density at radius 2 is 1.16 bits per heavy atom. The SMILES string of the molecule is COC(=O)N[C@H](C(=O)N1CCC[C@H]1c1nc2ccc3cc(-c4ccc5c(ccc6nc([C@@H]7C[C@H](COCC8CCCCC8)CN7C(=O)[C@@H](NC(=O)OC)C(C)C)[nH]c65)c4)ccc3c2[nH]1)C(C)C. The van der Waals surface area contributed by atoms with Crippen molar-refractivity contribution < 1.29 is 33.4 Å². The molecule has 15 heteroatoms. The first-order valence-electron chi connectivity index (χ1n) is 24.1. The Labute approximate surface area is 391 Å². The van der Waals surface area contributed by atoms with Gasteiger partial charge in [0.1, 0.15) is 23.7 Å². The maximum absolute atomic E-state index is 14.3. The molecule has 3 fully saturated rings. The van der Waals surface area contributed by atoms with Crippen LogP contribution in [0.25, 0.3) is 54.7 Å². The van der Waals surface area contributed by atoms with Crippen LogP contribution in [0.4, 0.5) is 9.59 Å². The van der Waals surface area contributed by atoms with Gasteiger partial charge in [0.05, 0.1) is 55.0 Å². The highest BCUT2D eigenvalue weighted by Gasteiger charge is 2.42. The number of H-pyrrole nitrogens is 2. The van der Waals surface area contributed by atoms with Gasteiger partial charge in [-0.15, -0.1) is 0 Å². The zero-order valence-corrected chi connectivity index (χ0v) is 39.5. The van der Waals surface area contributed by atoms with Gasteiger partial charge in [-0.05, 0) is 96.0 Å². The predicted molar refractivity (Wildman–Crippen MR) is 258 cm³/mol. The summed E-state index contributed by atoms with van der Waals surface area (Å²) in [6.45, 7) is 10.1. The van der Waals surface area contributed by atoms with Gasteiger partial charge in [0.15, 0.2) is 0 Å². The fraction of sp³-hybridized carbons (Fsp3) is 0.500. The summed E-state index contributed by atoms with van der Waals surface area (Å²) in [5.74, 6) is 1.62. The standard InChI is InChI=1S/C52H64N8O7/c1-29(2)43(57-51(63)65-5)49(61)59-22-10-13-41(59)47-53-39-20-16-35-24-33(14-18-37(35)45(39)55-47)34-15-19-38-36(25-34)17-21-40-46(38)56-48(54-40)42-23-32(28-67-27-31-11-8-7-9-12-31)26-60(42)50(62)44(30(3)4)58-52(64)66-6/h14-21,24-25,29-32,41-44H,7-13,22-23,26-28H2,1-6H3,(H,53,55)(H,54,56)(H,57,63)(H,58,64)/t32-,41-,42-,43-,44-/m0/s1. The number of hydrogen-bond acceptors (Lipinski definition) is 9. The summed E-state index contributed by atoms with van der Waals surface area (Å²) in [5.41, 5.74) is 5.63. The highest BCUT2D eigenvalue weighted by atomic mass is 16.5. The van der Waals surface area contributed by atoms with Gasteiger partial charge in [0, 0.05) is 36.4 Å².